The third-order valence-corrected chi connectivity index (χ3v) is 7.56. The molecule has 0 amide bonds. The zero-order chi connectivity index (χ0) is 15.7. The van der Waals surface area contributed by atoms with Gasteiger partial charge in [-0.15, -0.1) is 0 Å². The molecule has 0 aromatic carbocycles. The van der Waals surface area contributed by atoms with Crippen molar-refractivity contribution in [3.63, 3.8) is 0 Å². The topological polar surface area (TPSA) is 34.1 Å². The molecule has 3 saturated carbocycles. The highest BCUT2D eigenvalue weighted by Gasteiger charge is 2.63. The second-order valence-electron chi connectivity index (χ2n) is 8.46. The number of carbonyl (C=O) groups excluding carboxylic acids is 2. The number of Topliss-reactive ketones (excluding diaryl/α,β-unsaturated/α-hetero) is 1. The minimum atomic E-state index is -1.36. The van der Waals surface area contributed by atoms with Crippen LogP contribution in [0.5, 0.6) is 0 Å². The predicted molar refractivity (Wildman–Crippen MR) is 82.0 cm³/mol. The normalized spacial score (nSPS) is 51.0. The molecule has 0 spiro atoms. The van der Waals surface area contributed by atoms with Gasteiger partial charge in [0.15, 0.2) is 17.7 Å². The molecular weight excluding hydrogens is 279 g/mol. The summed E-state index contributed by atoms with van der Waals surface area (Å²) in [4.78, 5) is 25.1. The van der Waals surface area contributed by atoms with Crippen LogP contribution in [0.3, 0.4) is 0 Å². The molecule has 2 nitrogen and oxygen atoms in total. The van der Waals surface area contributed by atoms with Crippen LogP contribution in [0.1, 0.15) is 58.8 Å². The maximum Gasteiger partial charge on any atom is 0.173 e. The fourth-order valence-corrected chi connectivity index (χ4v) is 6.19. The maximum absolute atomic E-state index is 14.1. The van der Waals surface area contributed by atoms with E-state index >= 15 is 0 Å². The van der Waals surface area contributed by atoms with Gasteiger partial charge in [-0.05, 0) is 61.9 Å². The number of carbonyl (C=O) groups is 2. The average Bonchev–Trinajstić information content (AvgIpc) is 2.71. The van der Waals surface area contributed by atoms with E-state index in [4.69, 9.17) is 0 Å². The van der Waals surface area contributed by atoms with Crippen LogP contribution in [-0.4, -0.2) is 17.7 Å². The van der Waals surface area contributed by atoms with Gasteiger partial charge in [-0.1, -0.05) is 25.8 Å². The number of allylic oxidation sites excluding steroid dienone is 2. The molecule has 3 fully saturated rings. The van der Waals surface area contributed by atoms with Crippen molar-refractivity contribution in [1.82, 2.24) is 0 Å². The average molecular weight is 304 g/mol. The van der Waals surface area contributed by atoms with E-state index < -0.39 is 11.6 Å². The lowest BCUT2D eigenvalue weighted by Gasteiger charge is -2.55. The zero-order valence-corrected chi connectivity index (χ0v) is 13.5. The van der Waals surface area contributed by atoms with Gasteiger partial charge in [0.2, 0.25) is 0 Å². The number of halogens is 1. The second kappa shape index (κ2) is 4.52. The lowest BCUT2D eigenvalue weighted by molar-refractivity contribution is -0.140. The molecule has 22 heavy (non-hydrogen) atoms. The van der Waals surface area contributed by atoms with E-state index in [-0.39, 0.29) is 35.2 Å². The molecule has 0 radical (unpaired) electrons. The molecule has 0 heterocycles. The first kappa shape index (κ1) is 14.6. The highest BCUT2D eigenvalue weighted by molar-refractivity contribution is 5.97. The van der Waals surface area contributed by atoms with Crippen LogP contribution in [0.25, 0.3) is 0 Å². The quantitative estimate of drug-likeness (QED) is 0.677. The molecule has 0 aliphatic heterocycles. The van der Waals surface area contributed by atoms with Crippen LogP contribution in [0.15, 0.2) is 11.6 Å². The first-order chi connectivity index (χ1) is 10.4. The van der Waals surface area contributed by atoms with E-state index in [2.05, 4.69) is 6.92 Å². The fraction of sp³-hybridized carbons (Fsp3) is 0.789. The lowest BCUT2D eigenvalue weighted by atomic mass is 9.48. The van der Waals surface area contributed by atoms with Crippen molar-refractivity contribution >= 4 is 11.6 Å². The summed E-state index contributed by atoms with van der Waals surface area (Å²) in [6, 6.07) is 0. The molecule has 0 N–H and O–H groups in total. The van der Waals surface area contributed by atoms with E-state index in [0.717, 1.165) is 25.7 Å². The Kier molecular flexibility index (Phi) is 3.00. The van der Waals surface area contributed by atoms with Gasteiger partial charge in [0, 0.05) is 11.3 Å². The molecule has 4 rings (SSSR count). The van der Waals surface area contributed by atoms with E-state index in [1.54, 1.807) is 0 Å². The summed E-state index contributed by atoms with van der Waals surface area (Å²) in [5, 5.41) is 0. The van der Waals surface area contributed by atoms with Crippen LogP contribution in [-0.2, 0) is 9.59 Å². The number of ketones is 2. The first-order valence-electron chi connectivity index (χ1n) is 8.81. The Hall–Kier alpha value is -0.990. The molecule has 0 saturated heterocycles. The van der Waals surface area contributed by atoms with Gasteiger partial charge in [0.05, 0.1) is 0 Å². The van der Waals surface area contributed by atoms with Gasteiger partial charge in [0.1, 0.15) is 0 Å². The molecule has 4 aliphatic carbocycles. The molecule has 1 unspecified atom stereocenters. The van der Waals surface area contributed by atoms with Gasteiger partial charge in [-0.25, -0.2) is 4.39 Å². The summed E-state index contributed by atoms with van der Waals surface area (Å²) in [5.41, 5.74) is 0.831. The summed E-state index contributed by atoms with van der Waals surface area (Å²) in [7, 11) is 0. The van der Waals surface area contributed by atoms with Crippen molar-refractivity contribution in [1.29, 1.82) is 0 Å². The summed E-state index contributed by atoms with van der Waals surface area (Å²) in [5.74, 6) is 0.0362. The minimum Gasteiger partial charge on any atom is -0.296 e. The number of hydrogen-bond donors (Lipinski definition) is 0. The highest BCUT2D eigenvalue weighted by Crippen LogP contribution is 2.63. The van der Waals surface area contributed by atoms with Crippen molar-refractivity contribution in [3.05, 3.63) is 11.6 Å². The lowest BCUT2D eigenvalue weighted by Crippen LogP contribution is -2.52. The number of hydrogen-bond acceptors (Lipinski definition) is 2. The van der Waals surface area contributed by atoms with Crippen molar-refractivity contribution in [2.45, 2.75) is 65.0 Å². The first-order valence-corrected chi connectivity index (χ1v) is 8.81. The third kappa shape index (κ3) is 1.66. The predicted octanol–water partition coefficient (Wildman–Crippen LogP) is 4.04. The Morgan fingerprint density at radius 2 is 1.86 bits per heavy atom. The van der Waals surface area contributed by atoms with Crippen molar-refractivity contribution in [3.8, 4) is 0 Å². The molecule has 4 aliphatic rings. The van der Waals surface area contributed by atoms with Crippen LogP contribution < -0.4 is 0 Å². The highest BCUT2D eigenvalue weighted by atomic mass is 19.1. The van der Waals surface area contributed by atoms with Gasteiger partial charge < -0.3 is 0 Å². The molecule has 0 aromatic heterocycles. The van der Waals surface area contributed by atoms with Crippen LogP contribution in [0, 0.1) is 28.6 Å². The van der Waals surface area contributed by atoms with Crippen molar-refractivity contribution in [2.24, 2.45) is 28.6 Å². The second-order valence-corrected chi connectivity index (χ2v) is 8.46. The van der Waals surface area contributed by atoms with Crippen LogP contribution in [0.2, 0.25) is 0 Å². The maximum atomic E-state index is 14.1. The van der Waals surface area contributed by atoms with Gasteiger partial charge in [-0.3, -0.25) is 9.59 Å². The minimum absolute atomic E-state index is 0.0854. The Labute approximate surface area is 131 Å². The van der Waals surface area contributed by atoms with Crippen LogP contribution >= 0.6 is 0 Å². The molecule has 3 heteroatoms. The zero-order valence-electron chi connectivity index (χ0n) is 13.5. The number of rotatable bonds is 0. The number of fused-ring (bicyclic) bond motifs is 5. The van der Waals surface area contributed by atoms with Crippen molar-refractivity contribution < 1.29 is 14.0 Å². The SMILES string of the molecule is C[C@]12CCCCC1=CC(=O)[C@@H]1[C@H]2CC[C@]2(C)C(=O)C(F)C[C@@H]12. The Balaban J connectivity index is 1.78. The third-order valence-electron chi connectivity index (χ3n) is 7.56. The Bertz CT molecular complexity index is 580. The number of alkyl halides is 1. The summed E-state index contributed by atoms with van der Waals surface area (Å²) in [6.45, 7) is 4.22. The molecule has 0 aromatic rings. The van der Waals surface area contributed by atoms with Gasteiger partial charge in [0.25, 0.3) is 0 Å². The Morgan fingerprint density at radius 3 is 2.64 bits per heavy atom. The van der Waals surface area contributed by atoms with Gasteiger partial charge in [-0.2, -0.15) is 0 Å². The van der Waals surface area contributed by atoms with Crippen molar-refractivity contribution in [2.75, 3.05) is 0 Å². The smallest absolute Gasteiger partial charge is 0.173 e. The van der Waals surface area contributed by atoms with Crippen LogP contribution in [0.4, 0.5) is 4.39 Å². The Morgan fingerprint density at radius 1 is 1.09 bits per heavy atom. The van der Waals surface area contributed by atoms with Gasteiger partial charge >= 0.3 is 0 Å². The molecule has 120 valence electrons. The summed E-state index contributed by atoms with van der Waals surface area (Å²) >= 11 is 0. The monoisotopic (exact) mass is 304 g/mol. The molecular formula is C19H25FO2. The summed E-state index contributed by atoms with van der Waals surface area (Å²) < 4.78 is 14.1. The molecule has 6 atom stereocenters. The summed E-state index contributed by atoms with van der Waals surface area (Å²) in [6.07, 6.45) is 7.02. The largest absolute Gasteiger partial charge is 0.296 e. The van der Waals surface area contributed by atoms with E-state index in [0.29, 0.717) is 5.92 Å². The standard InChI is InChI=1S/C19H25FO2/c1-18-7-4-3-5-11(18)9-15(21)16-12(18)6-8-19(2)13(16)10-14(20)17(19)22/h9,12-14,16H,3-8,10H2,1-2H3/t12-,13+,14?,16-,18+,19+/m1/s1. The van der Waals surface area contributed by atoms with E-state index in [9.17, 15) is 14.0 Å². The van der Waals surface area contributed by atoms with E-state index in [1.165, 1.54) is 18.4 Å². The fourth-order valence-electron chi connectivity index (χ4n) is 6.19. The van der Waals surface area contributed by atoms with E-state index in [1.807, 2.05) is 13.0 Å². The molecule has 0 bridgehead atoms.